The Balaban J connectivity index is 1.98. The Morgan fingerprint density at radius 3 is 2.63 bits per heavy atom. The molecule has 1 fully saturated rings. The zero-order valence-corrected chi connectivity index (χ0v) is 10.2. The summed E-state index contributed by atoms with van der Waals surface area (Å²) in [6.07, 6.45) is 4.25. The van der Waals surface area contributed by atoms with Gasteiger partial charge in [0.25, 0.3) is 5.89 Å². The van der Waals surface area contributed by atoms with Crippen molar-refractivity contribution in [2.45, 2.75) is 31.6 Å². The molecule has 3 rings (SSSR count). The highest BCUT2D eigenvalue weighted by molar-refractivity contribution is 5.61. The van der Waals surface area contributed by atoms with E-state index in [-0.39, 0.29) is 23.1 Å². The second kappa shape index (κ2) is 4.60. The summed E-state index contributed by atoms with van der Waals surface area (Å²) in [4.78, 5) is 0. The average molecular weight is 265 g/mol. The molecule has 19 heavy (non-hydrogen) atoms. The van der Waals surface area contributed by atoms with Gasteiger partial charge in [-0.05, 0) is 25.0 Å². The Morgan fingerprint density at radius 2 is 1.89 bits per heavy atom. The van der Waals surface area contributed by atoms with Crippen LogP contribution < -0.4 is 5.73 Å². The first kappa shape index (κ1) is 12.1. The quantitative estimate of drug-likeness (QED) is 0.846. The van der Waals surface area contributed by atoms with E-state index in [1.165, 1.54) is 0 Å². The van der Waals surface area contributed by atoms with Gasteiger partial charge in [-0.1, -0.05) is 12.8 Å². The summed E-state index contributed by atoms with van der Waals surface area (Å²) in [6.45, 7) is 0. The van der Waals surface area contributed by atoms with Gasteiger partial charge in [-0.3, -0.25) is 0 Å². The number of anilines is 1. The molecule has 0 amide bonds. The van der Waals surface area contributed by atoms with E-state index < -0.39 is 11.6 Å². The highest BCUT2D eigenvalue weighted by atomic mass is 19.1. The minimum atomic E-state index is -0.733. The molecule has 2 N–H and O–H groups in total. The summed E-state index contributed by atoms with van der Waals surface area (Å²) in [5, 5.41) is 7.72. The van der Waals surface area contributed by atoms with Crippen molar-refractivity contribution >= 4 is 5.69 Å². The van der Waals surface area contributed by atoms with E-state index in [1.807, 2.05) is 0 Å². The molecule has 0 saturated heterocycles. The van der Waals surface area contributed by atoms with Crippen molar-refractivity contribution in [1.82, 2.24) is 10.2 Å². The smallest absolute Gasteiger partial charge is 0.250 e. The fourth-order valence-electron chi connectivity index (χ4n) is 2.45. The van der Waals surface area contributed by atoms with Crippen molar-refractivity contribution in [2.75, 3.05) is 5.73 Å². The lowest BCUT2D eigenvalue weighted by Gasteiger charge is -2.03. The Kier molecular flexibility index (Phi) is 2.93. The fraction of sp³-hybridized carbons (Fsp3) is 0.385. The van der Waals surface area contributed by atoms with E-state index in [0.717, 1.165) is 37.8 Å². The van der Waals surface area contributed by atoms with Crippen LogP contribution >= 0.6 is 0 Å². The van der Waals surface area contributed by atoms with Gasteiger partial charge in [0.15, 0.2) is 5.82 Å². The Hall–Kier alpha value is -1.98. The monoisotopic (exact) mass is 265 g/mol. The van der Waals surface area contributed by atoms with Gasteiger partial charge in [0.2, 0.25) is 5.89 Å². The third-order valence-electron chi connectivity index (χ3n) is 3.44. The molecule has 1 aliphatic carbocycles. The van der Waals surface area contributed by atoms with E-state index in [2.05, 4.69) is 10.2 Å². The summed E-state index contributed by atoms with van der Waals surface area (Å²) in [5.41, 5.74) is 5.03. The maximum atomic E-state index is 13.8. The number of nitrogens with zero attached hydrogens (tertiary/aromatic N) is 2. The number of rotatable bonds is 2. The van der Waals surface area contributed by atoms with Crippen molar-refractivity contribution in [3.8, 4) is 11.5 Å². The zero-order chi connectivity index (χ0) is 13.4. The summed E-state index contributed by atoms with van der Waals surface area (Å²) >= 11 is 0. The fourth-order valence-corrected chi connectivity index (χ4v) is 2.45. The molecule has 100 valence electrons. The van der Waals surface area contributed by atoms with E-state index in [1.54, 1.807) is 0 Å². The minimum absolute atomic E-state index is 0.0226. The van der Waals surface area contributed by atoms with Crippen LogP contribution in [0, 0.1) is 11.6 Å². The van der Waals surface area contributed by atoms with Gasteiger partial charge in [-0.2, -0.15) is 0 Å². The van der Waals surface area contributed by atoms with E-state index in [4.69, 9.17) is 10.2 Å². The van der Waals surface area contributed by atoms with Crippen LogP contribution in [-0.4, -0.2) is 10.2 Å². The molecular weight excluding hydrogens is 252 g/mol. The SMILES string of the molecule is Nc1cc(F)cc(-c2nnc(C3CCCC3)o2)c1F. The second-order valence-electron chi connectivity index (χ2n) is 4.78. The maximum absolute atomic E-state index is 13.8. The average Bonchev–Trinajstić information content (AvgIpc) is 3.03. The number of hydrogen-bond donors (Lipinski definition) is 1. The largest absolute Gasteiger partial charge is 0.420 e. The molecule has 1 aromatic carbocycles. The lowest BCUT2D eigenvalue weighted by molar-refractivity contribution is 0.455. The molecule has 1 saturated carbocycles. The van der Waals surface area contributed by atoms with E-state index >= 15 is 0 Å². The van der Waals surface area contributed by atoms with Gasteiger partial charge in [-0.15, -0.1) is 10.2 Å². The molecule has 1 aliphatic rings. The lowest BCUT2D eigenvalue weighted by atomic mass is 10.1. The van der Waals surface area contributed by atoms with Crippen LogP contribution in [0.5, 0.6) is 0 Å². The van der Waals surface area contributed by atoms with Gasteiger partial charge >= 0.3 is 0 Å². The molecule has 4 nitrogen and oxygen atoms in total. The minimum Gasteiger partial charge on any atom is -0.420 e. The van der Waals surface area contributed by atoms with Crippen LogP contribution in [0.1, 0.15) is 37.5 Å². The maximum Gasteiger partial charge on any atom is 0.250 e. The summed E-state index contributed by atoms with van der Waals surface area (Å²) < 4.78 is 32.6. The Morgan fingerprint density at radius 1 is 1.16 bits per heavy atom. The molecule has 0 unspecified atom stereocenters. The van der Waals surface area contributed by atoms with Crippen molar-refractivity contribution in [3.63, 3.8) is 0 Å². The summed E-state index contributed by atoms with van der Waals surface area (Å²) in [5.74, 6) is -0.659. The first-order valence-electron chi connectivity index (χ1n) is 6.23. The number of nitrogen functional groups attached to an aromatic ring is 1. The van der Waals surface area contributed by atoms with Gasteiger partial charge in [-0.25, -0.2) is 8.78 Å². The predicted octanol–water partition coefficient (Wildman–Crippen LogP) is 3.25. The van der Waals surface area contributed by atoms with Crippen molar-refractivity contribution < 1.29 is 13.2 Å². The molecule has 0 atom stereocenters. The molecule has 2 aromatic rings. The van der Waals surface area contributed by atoms with E-state index in [9.17, 15) is 8.78 Å². The van der Waals surface area contributed by atoms with Gasteiger partial charge in [0.1, 0.15) is 5.82 Å². The summed E-state index contributed by atoms with van der Waals surface area (Å²) in [7, 11) is 0. The van der Waals surface area contributed by atoms with E-state index in [0.29, 0.717) is 5.89 Å². The van der Waals surface area contributed by atoms with Crippen LogP contribution in [-0.2, 0) is 0 Å². The molecule has 6 heteroatoms. The number of halogens is 2. The Bertz CT molecular complexity index is 606. The van der Waals surface area contributed by atoms with Crippen LogP contribution in [0.25, 0.3) is 11.5 Å². The molecular formula is C13H13F2N3O. The third-order valence-corrected chi connectivity index (χ3v) is 3.44. The highest BCUT2D eigenvalue weighted by Crippen LogP contribution is 2.35. The highest BCUT2D eigenvalue weighted by Gasteiger charge is 2.24. The van der Waals surface area contributed by atoms with Crippen molar-refractivity contribution in [1.29, 1.82) is 0 Å². The molecule has 0 bridgehead atoms. The normalized spacial score (nSPS) is 16.1. The molecule has 1 heterocycles. The van der Waals surface area contributed by atoms with Gasteiger partial charge < -0.3 is 10.2 Å². The van der Waals surface area contributed by atoms with Gasteiger partial charge in [0.05, 0.1) is 11.3 Å². The number of benzene rings is 1. The topological polar surface area (TPSA) is 64.9 Å². The Labute approximate surface area is 108 Å². The molecule has 0 radical (unpaired) electrons. The predicted molar refractivity (Wildman–Crippen MR) is 65.3 cm³/mol. The first-order valence-corrected chi connectivity index (χ1v) is 6.23. The molecule has 1 aromatic heterocycles. The van der Waals surface area contributed by atoms with Crippen molar-refractivity contribution in [2.24, 2.45) is 0 Å². The standard InChI is InChI=1S/C13H13F2N3O/c14-8-5-9(11(15)10(16)6-8)13-18-17-12(19-13)7-3-1-2-4-7/h5-7H,1-4,16H2. The first-order chi connectivity index (χ1) is 9.15. The third kappa shape index (κ3) is 2.18. The zero-order valence-electron chi connectivity index (χ0n) is 10.2. The summed E-state index contributed by atoms with van der Waals surface area (Å²) in [6, 6.07) is 1.94. The number of aromatic nitrogens is 2. The van der Waals surface area contributed by atoms with Crippen LogP contribution in [0.3, 0.4) is 0 Å². The van der Waals surface area contributed by atoms with Crippen LogP contribution in [0.2, 0.25) is 0 Å². The van der Waals surface area contributed by atoms with Crippen LogP contribution in [0.4, 0.5) is 14.5 Å². The van der Waals surface area contributed by atoms with Gasteiger partial charge in [0, 0.05) is 5.92 Å². The second-order valence-corrected chi connectivity index (χ2v) is 4.78. The molecule has 0 aliphatic heterocycles. The van der Waals surface area contributed by atoms with Crippen molar-refractivity contribution in [3.05, 3.63) is 29.7 Å². The molecule has 0 spiro atoms. The number of hydrogen-bond acceptors (Lipinski definition) is 4. The van der Waals surface area contributed by atoms with Crippen LogP contribution in [0.15, 0.2) is 16.5 Å². The number of nitrogens with two attached hydrogens (primary N) is 1. The lowest BCUT2D eigenvalue weighted by Crippen LogP contribution is -1.95.